The predicted molar refractivity (Wildman–Crippen MR) is 141 cm³/mol. The molecule has 1 aromatic carbocycles. The minimum Gasteiger partial charge on any atom is -0.465 e. The van der Waals surface area contributed by atoms with Crippen molar-refractivity contribution in [3.05, 3.63) is 69.9 Å². The molecular weight excluding hydrogens is 496 g/mol. The van der Waals surface area contributed by atoms with Crippen molar-refractivity contribution in [2.45, 2.75) is 63.5 Å². The lowest BCUT2D eigenvalue weighted by Crippen LogP contribution is -2.36. The first-order valence-electron chi connectivity index (χ1n) is 12.4. The van der Waals surface area contributed by atoms with Gasteiger partial charge in [0.1, 0.15) is 4.88 Å². The number of carbonyl (C=O) groups is 2. The third kappa shape index (κ3) is 8.24. The van der Waals surface area contributed by atoms with Gasteiger partial charge in [0, 0.05) is 30.7 Å². The number of hydrogen-bond acceptors (Lipinski definition) is 5. The number of aliphatic hydroxyl groups is 1. The fourth-order valence-electron chi connectivity index (χ4n) is 4.13. The van der Waals surface area contributed by atoms with Gasteiger partial charge in [-0.1, -0.05) is 49.4 Å². The summed E-state index contributed by atoms with van der Waals surface area (Å²) >= 11 is 1.29. The highest BCUT2D eigenvalue weighted by atomic mass is 32.1. The molecule has 37 heavy (non-hydrogen) atoms. The van der Waals surface area contributed by atoms with Crippen molar-refractivity contribution in [1.29, 1.82) is 0 Å². The van der Waals surface area contributed by atoms with Crippen LogP contribution in [0.4, 0.5) is 8.78 Å². The lowest BCUT2D eigenvalue weighted by Gasteiger charge is -2.22. The van der Waals surface area contributed by atoms with E-state index < -0.39 is 36.4 Å². The van der Waals surface area contributed by atoms with Crippen LogP contribution in [0.5, 0.6) is 0 Å². The molecule has 1 fully saturated rings. The standard InChI is InChI=1S/C29H33F2NO4S/c1-21(10-5-3-6-11-22-12-7-4-8-13-22)25(33)17-15-23-20-29(30,31)28(35)32(23)19-9-14-24-16-18-26(37-24)27(34)36-2/h4,7-8,12-13,15-18,21,23,25,33H,6,9-11,14,19-20H2,1-2H3/t21-,23+,25-/m1/s1. The molecule has 0 unspecified atom stereocenters. The Balaban J connectivity index is 1.49. The minimum absolute atomic E-state index is 0.160. The molecule has 0 bridgehead atoms. The fourth-order valence-corrected chi connectivity index (χ4v) is 5.10. The number of likely N-dealkylation sites (tertiary alicyclic amines) is 1. The first-order valence-corrected chi connectivity index (χ1v) is 13.2. The van der Waals surface area contributed by atoms with Crippen LogP contribution in [-0.4, -0.2) is 53.6 Å². The molecular formula is C29H33F2NO4S. The van der Waals surface area contributed by atoms with Crippen molar-refractivity contribution >= 4 is 23.2 Å². The van der Waals surface area contributed by atoms with E-state index in [1.54, 1.807) is 12.1 Å². The van der Waals surface area contributed by atoms with Gasteiger partial charge in [0.2, 0.25) is 0 Å². The number of halogens is 2. The Labute approximate surface area is 221 Å². The number of ether oxygens (including phenoxy) is 1. The summed E-state index contributed by atoms with van der Waals surface area (Å²) in [5.74, 6) is 1.03. The molecule has 1 saturated heterocycles. The summed E-state index contributed by atoms with van der Waals surface area (Å²) in [7, 11) is 1.31. The number of thiophene rings is 1. The quantitative estimate of drug-likeness (QED) is 0.244. The Morgan fingerprint density at radius 3 is 2.73 bits per heavy atom. The number of aliphatic hydroxyl groups excluding tert-OH is 1. The van der Waals surface area contributed by atoms with Crippen LogP contribution in [0.2, 0.25) is 0 Å². The highest BCUT2D eigenvalue weighted by Gasteiger charge is 2.52. The van der Waals surface area contributed by atoms with Crippen molar-refractivity contribution in [1.82, 2.24) is 4.90 Å². The molecule has 8 heteroatoms. The zero-order valence-electron chi connectivity index (χ0n) is 21.2. The summed E-state index contributed by atoms with van der Waals surface area (Å²) in [6.07, 6.45) is 4.68. The molecule has 5 nitrogen and oxygen atoms in total. The molecule has 1 amide bonds. The fraction of sp³-hybridized carbons (Fsp3) is 0.448. The summed E-state index contributed by atoms with van der Waals surface area (Å²) in [5.41, 5.74) is 1.22. The lowest BCUT2D eigenvalue weighted by atomic mass is 9.99. The molecule has 1 aromatic heterocycles. The Morgan fingerprint density at radius 1 is 1.24 bits per heavy atom. The van der Waals surface area contributed by atoms with E-state index in [-0.39, 0.29) is 12.5 Å². The molecule has 0 spiro atoms. The van der Waals surface area contributed by atoms with Gasteiger partial charge in [0.05, 0.1) is 19.3 Å². The third-order valence-corrected chi connectivity index (χ3v) is 7.48. The molecule has 3 rings (SSSR count). The molecule has 3 atom stereocenters. The minimum atomic E-state index is -3.42. The SMILES string of the molecule is COC(=O)c1ccc(CCCN2C(=O)C(F)(F)C[C@@H]2C=C[C@@H](O)[C@H](C)CC#CCCc2ccccc2)s1. The molecule has 2 aromatic rings. The smallest absolute Gasteiger partial charge is 0.348 e. The molecule has 0 saturated carbocycles. The van der Waals surface area contributed by atoms with Crippen LogP contribution in [0.1, 0.15) is 52.7 Å². The van der Waals surface area contributed by atoms with Gasteiger partial charge in [-0.15, -0.1) is 23.2 Å². The number of methoxy groups -OCH3 is 1. The van der Waals surface area contributed by atoms with Crippen LogP contribution >= 0.6 is 11.3 Å². The van der Waals surface area contributed by atoms with Gasteiger partial charge in [-0.05, 0) is 42.9 Å². The highest BCUT2D eigenvalue weighted by Crippen LogP contribution is 2.34. The van der Waals surface area contributed by atoms with Crippen LogP contribution in [0, 0.1) is 17.8 Å². The van der Waals surface area contributed by atoms with Gasteiger partial charge >= 0.3 is 11.9 Å². The number of carbonyl (C=O) groups excluding carboxylic acids is 2. The summed E-state index contributed by atoms with van der Waals surface area (Å²) in [4.78, 5) is 26.5. The maximum atomic E-state index is 14.2. The van der Waals surface area contributed by atoms with E-state index in [1.807, 2.05) is 25.1 Å². The molecule has 198 valence electrons. The first-order chi connectivity index (χ1) is 17.7. The van der Waals surface area contributed by atoms with E-state index >= 15 is 0 Å². The molecule has 1 N–H and O–H groups in total. The normalized spacial score (nSPS) is 18.5. The van der Waals surface area contributed by atoms with Crippen LogP contribution < -0.4 is 0 Å². The zero-order valence-corrected chi connectivity index (χ0v) is 22.0. The zero-order chi connectivity index (χ0) is 26.8. The molecule has 0 aliphatic carbocycles. The largest absolute Gasteiger partial charge is 0.465 e. The van der Waals surface area contributed by atoms with Crippen molar-refractivity contribution in [2.75, 3.05) is 13.7 Å². The number of nitrogens with zero attached hydrogens (tertiary/aromatic N) is 1. The average molecular weight is 530 g/mol. The van der Waals surface area contributed by atoms with Crippen LogP contribution in [0.15, 0.2) is 54.6 Å². The van der Waals surface area contributed by atoms with E-state index in [9.17, 15) is 23.5 Å². The Kier molecular flexibility index (Phi) is 10.4. The maximum Gasteiger partial charge on any atom is 0.348 e. The second-order valence-corrected chi connectivity index (χ2v) is 10.4. The Morgan fingerprint density at radius 2 is 2.00 bits per heavy atom. The first kappa shape index (κ1) is 28.5. The number of aryl methyl sites for hydroxylation is 2. The second-order valence-electron chi connectivity index (χ2n) is 9.23. The van der Waals surface area contributed by atoms with Gasteiger partial charge in [-0.25, -0.2) is 4.79 Å². The van der Waals surface area contributed by atoms with E-state index in [1.165, 1.54) is 41.1 Å². The van der Waals surface area contributed by atoms with Gasteiger partial charge < -0.3 is 14.7 Å². The number of amides is 1. The van der Waals surface area contributed by atoms with Gasteiger partial charge in [-0.3, -0.25) is 4.79 Å². The summed E-state index contributed by atoms with van der Waals surface area (Å²) < 4.78 is 33.1. The summed E-state index contributed by atoms with van der Waals surface area (Å²) in [6, 6.07) is 12.8. The van der Waals surface area contributed by atoms with E-state index in [0.717, 1.165) is 17.7 Å². The van der Waals surface area contributed by atoms with Crippen molar-refractivity contribution in [3.63, 3.8) is 0 Å². The van der Waals surface area contributed by atoms with Crippen LogP contribution in [0.3, 0.4) is 0 Å². The van der Waals surface area contributed by atoms with Gasteiger partial charge in [0.15, 0.2) is 0 Å². The second kappa shape index (κ2) is 13.5. The molecule has 0 radical (unpaired) electrons. The molecule has 2 heterocycles. The molecule has 1 aliphatic heterocycles. The average Bonchev–Trinajstić information content (AvgIpc) is 3.45. The summed E-state index contributed by atoms with van der Waals surface area (Å²) in [5, 5.41) is 10.5. The van der Waals surface area contributed by atoms with Gasteiger partial charge in [-0.2, -0.15) is 8.78 Å². The lowest BCUT2D eigenvalue weighted by molar-refractivity contribution is -0.148. The number of hydrogen-bond donors (Lipinski definition) is 1. The predicted octanol–water partition coefficient (Wildman–Crippen LogP) is 5.28. The third-order valence-electron chi connectivity index (χ3n) is 6.35. The highest BCUT2D eigenvalue weighted by molar-refractivity contribution is 7.13. The van der Waals surface area contributed by atoms with E-state index in [0.29, 0.717) is 24.1 Å². The number of esters is 1. The van der Waals surface area contributed by atoms with Crippen molar-refractivity contribution < 1.29 is 28.2 Å². The van der Waals surface area contributed by atoms with E-state index in [4.69, 9.17) is 4.74 Å². The van der Waals surface area contributed by atoms with E-state index in [2.05, 4.69) is 24.0 Å². The monoisotopic (exact) mass is 529 g/mol. The van der Waals surface area contributed by atoms with Crippen LogP contribution in [-0.2, 0) is 22.4 Å². The summed E-state index contributed by atoms with van der Waals surface area (Å²) in [6.45, 7) is 2.02. The van der Waals surface area contributed by atoms with Crippen LogP contribution in [0.25, 0.3) is 0 Å². The van der Waals surface area contributed by atoms with Crippen molar-refractivity contribution in [3.8, 4) is 11.8 Å². The topological polar surface area (TPSA) is 66.8 Å². The van der Waals surface area contributed by atoms with Crippen molar-refractivity contribution in [2.24, 2.45) is 5.92 Å². The molecule has 1 aliphatic rings. The number of rotatable bonds is 11. The number of alkyl halides is 2. The van der Waals surface area contributed by atoms with Gasteiger partial charge in [0.25, 0.3) is 5.91 Å². The Hall–Kier alpha value is -3.02. The Bertz CT molecular complexity index is 1140. The number of benzene rings is 1. The maximum absolute atomic E-state index is 14.2.